The lowest BCUT2D eigenvalue weighted by Crippen LogP contribution is -2.11. The molecule has 3 nitrogen and oxygen atoms in total. The zero-order chi connectivity index (χ0) is 16.6. The smallest absolute Gasteiger partial charge is 0.398 e. The van der Waals surface area contributed by atoms with Gasteiger partial charge in [-0.2, -0.15) is 13.2 Å². The number of anilines is 1. The number of nitrogen functional groups attached to an aromatic ring is 1. The average Bonchev–Trinajstić information content (AvgIpc) is 2.92. The highest BCUT2D eigenvalue weighted by Crippen LogP contribution is 2.46. The van der Waals surface area contributed by atoms with E-state index >= 15 is 0 Å². The number of halogens is 3. The quantitative estimate of drug-likeness (QED) is 0.570. The molecule has 7 heteroatoms. The lowest BCUT2D eigenvalue weighted by molar-refractivity contribution is -0.137. The third-order valence-corrected chi connectivity index (χ3v) is 5.38. The van der Waals surface area contributed by atoms with E-state index in [2.05, 4.69) is 4.99 Å². The first-order valence-electron chi connectivity index (χ1n) is 6.73. The number of hydrogen-bond acceptors (Lipinski definition) is 3. The Hall–Kier alpha value is -2.41. The van der Waals surface area contributed by atoms with Gasteiger partial charge in [0.25, 0.3) is 0 Å². The van der Waals surface area contributed by atoms with Crippen LogP contribution in [0.3, 0.4) is 0 Å². The molecule has 0 bridgehead atoms. The Bertz CT molecular complexity index is 812. The van der Waals surface area contributed by atoms with E-state index in [-0.39, 0.29) is 5.56 Å². The van der Waals surface area contributed by atoms with Gasteiger partial charge in [0.15, 0.2) is 0 Å². The molecule has 1 aliphatic rings. The number of amidine groups is 1. The molecule has 2 aromatic rings. The first-order chi connectivity index (χ1) is 10.9. The number of nitrogens with zero attached hydrogens (tertiary/aromatic N) is 1. The molecule has 0 amide bonds. The predicted octanol–water partition coefficient (Wildman–Crippen LogP) is 4.11. The Balaban J connectivity index is 2.17. The highest BCUT2D eigenvalue weighted by atomic mass is 32.2. The summed E-state index contributed by atoms with van der Waals surface area (Å²) in [5, 5.41) is 2.08. The van der Waals surface area contributed by atoms with Crippen LogP contribution in [0.15, 0.2) is 64.0 Å². The van der Waals surface area contributed by atoms with Crippen molar-refractivity contribution in [2.24, 2.45) is 10.7 Å². The molecule has 1 atom stereocenters. The second-order valence-electron chi connectivity index (χ2n) is 4.97. The molecule has 1 unspecified atom stereocenters. The number of hydrogen-bond donors (Lipinski definition) is 3. The van der Waals surface area contributed by atoms with Gasteiger partial charge in [0.1, 0.15) is 5.17 Å². The van der Waals surface area contributed by atoms with Crippen LogP contribution in [0.5, 0.6) is 0 Å². The van der Waals surface area contributed by atoms with Crippen molar-refractivity contribution >= 4 is 21.8 Å². The maximum absolute atomic E-state index is 13.5. The molecule has 0 aliphatic carbocycles. The fraction of sp³-hybridized carbons (Fsp3) is 0.0625. The molecule has 0 fully saturated rings. The molecule has 1 heterocycles. The topological polar surface area (TPSA) is 64.4 Å². The Labute approximate surface area is 133 Å². The van der Waals surface area contributed by atoms with Gasteiger partial charge < -0.3 is 11.5 Å². The summed E-state index contributed by atoms with van der Waals surface area (Å²) in [7, 11) is -1.14. The number of aliphatic imine (C=N–C) groups is 1. The van der Waals surface area contributed by atoms with Crippen LogP contribution in [0.4, 0.5) is 18.9 Å². The number of alkyl halides is 3. The highest BCUT2D eigenvalue weighted by molar-refractivity contribution is 8.32. The van der Waals surface area contributed by atoms with Crippen LogP contribution in [-0.4, -0.2) is 5.17 Å². The van der Waals surface area contributed by atoms with Crippen molar-refractivity contribution in [1.82, 2.24) is 0 Å². The van der Waals surface area contributed by atoms with E-state index in [0.29, 0.717) is 21.3 Å². The lowest BCUT2D eigenvalue weighted by atomic mass is 9.98. The Kier molecular flexibility index (Phi) is 3.81. The number of para-hydroxylation sites is 1. The Morgan fingerprint density at radius 2 is 1.70 bits per heavy atom. The van der Waals surface area contributed by atoms with Gasteiger partial charge in [-0.1, -0.05) is 24.3 Å². The van der Waals surface area contributed by atoms with Crippen LogP contribution in [0.2, 0.25) is 0 Å². The summed E-state index contributed by atoms with van der Waals surface area (Å²) in [5.74, 6) is 0. The highest BCUT2D eigenvalue weighted by Gasteiger charge is 2.35. The molecular formula is C16H14F3N3S. The molecule has 0 saturated carbocycles. The average molecular weight is 337 g/mol. The summed E-state index contributed by atoms with van der Waals surface area (Å²) in [4.78, 5) is 4.44. The minimum Gasteiger partial charge on any atom is -0.398 e. The predicted molar refractivity (Wildman–Crippen MR) is 89.3 cm³/mol. The van der Waals surface area contributed by atoms with Crippen molar-refractivity contribution in [1.29, 1.82) is 0 Å². The zero-order valence-corrected chi connectivity index (χ0v) is 12.8. The number of benzene rings is 2. The maximum Gasteiger partial charge on any atom is 0.417 e. The molecule has 0 spiro atoms. The summed E-state index contributed by atoms with van der Waals surface area (Å²) in [5.41, 5.74) is 11.6. The van der Waals surface area contributed by atoms with E-state index in [1.807, 2.05) is 0 Å². The first-order valence-corrected chi connectivity index (χ1v) is 8.14. The molecular weight excluding hydrogens is 323 g/mol. The summed E-state index contributed by atoms with van der Waals surface area (Å²) < 4.78 is 40.6. The maximum atomic E-state index is 13.5. The lowest BCUT2D eigenvalue weighted by Gasteiger charge is -2.19. The van der Waals surface area contributed by atoms with Crippen LogP contribution in [-0.2, 0) is 6.18 Å². The van der Waals surface area contributed by atoms with E-state index in [4.69, 9.17) is 11.5 Å². The van der Waals surface area contributed by atoms with Crippen LogP contribution in [0.1, 0.15) is 5.56 Å². The molecule has 3 rings (SSSR count). The van der Waals surface area contributed by atoms with Crippen molar-refractivity contribution in [2.45, 2.75) is 11.1 Å². The first kappa shape index (κ1) is 15.5. The molecule has 120 valence electrons. The SMILES string of the molecule is NC1=NC=C[SH]1c1ccc(-c2ccccc2N)c(C(F)(F)F)c1. The number of rotatable bonds is 2. The third-order valence-electron chi connectivity index (χ3n) is 3.51. The van der Waals surface area contributed by atoms with E-state index < -0.39 is 22.6 Å². The zero-order valence-electron chi connectivity index (χ0n) is 11.9. The van der Waals surface area contributed by atoms with Crippen molar-refractivity contribution in [2.75, 3.05) is 5.73 Å². The summed E-state index contributed by atoms with van der Waals surface area (Å²) in [6, 6.07) is 10.8. The normalized spacial score (nSPS) is 18.9. The van der Waals surface area contributed by atoms with Gasteiger partial charge in [-0.25, -0.2) is 4.99 Å². The van der Waals surface area contributed by atoms with Gasteiger partial charge in [0.2, 0.25) is 0 Å². The van der Waals surface area contributed by atoms with Gasteiger partial charge in [0, 0.05) is 17.5 Å². The Morgan fingerprint density at radius 3 is 2.30 bits per heavy atom. The molecule has 0 radical (unpaired) electrons. The van der Waals surface area contributed by atoms with Gasteiger partial charge in [-0.15, -0.1) is 10.9 Å². The van der Waals surface area contributed by atoms with Crippen LogP contribution >= 0.6 is 10.9 Å². The van der Waals surface area contributed by atoms with Crippen molar-refractivity contribution in [3.8, 4) is 11.1 Å². The molecule has 23 heavy (non-hydrogen) atoms. The minimum atomic E-state index is -4.49. The van der Waals surface area contributed by atoms with Crippen molar-refractivity contribution < 1.29 is 13.2 Å². The summed E-state index contributed by atoms with van der Waals surface area (Å²) in [6.07, 6.45) is -2.96. The molecule has 0 aromatic heterocycles. The minimum absolute atomic E-state index is 0.0630. The number of nitrogens with two attached hydrogens (primary N) is 2. The second-order valence-corrected chi connectivity index (χ2v) is 6.98. The van der Waals surface area contributed by atoms with Crippen LogP contribution in [0, 0.1) is 0 Å². The van der Waals surface area contributed by atoms with Crippen molar-refractivity contribution in [3.63, 3.8) is 0 Å². The molecule has 4 N–H and O–H groups in total. The molecule has 1 aliphatic heterocycles. The summed E-state index contributed by atoms with van der Waals surface area (Å²) >= 11 is 0. The Morgan fingerprint density at radius 1 is 0.957 bits per heavy atom. The van der Waals surface area contributed by atoms with Gasteiger partial charge >= 0.3 is 6.18 Å². The molecule has 0 saturated heterocycles. The third kappa shape index (κ3) is 2.92. The van der Waals surface area contributed by atoms with Crippen LogP contribution < -0.4 is 11.5 Å². The van der Waals surface area contributed by atoms with E-state index in [1.54, 1.807) is 35.7 Å². The summed E-state index contributed by atoms with van der Waals surface area (Å²) in [6.45, 7) is 0. The standard InChI is InChI=1S/C16H14F3N3S/c17-16(18,19)13-9-10(23-8-7-22-15(23)21)5-6-11(13)12-3-1-2-4-14(12)20/h1-9,23H,20H2,(H2,21,22). The van der Waals surface area contributed by atoms with E-state index in [9.17, 15) is 13.2 Å². The molecule has 2 aromatic carbocycles. The van der Waals surface area contributed by atoms with Gasteiger partial charge in [-0.3, -0.25) is 0 Å². The fourth-order valence-electron chi connectivity index (χ4n) is 2.43. The van der Waals surface area contributed by atoms with E-state index in [0.717, 1.165) is 6.07 Å². The van der Waals surface area contributed by atoms with E-state index in [1.165, 1.54) is 12.3 Å². The van der Waals surface area contributed by atoms with Crippen molar-refractivity contribution in [3.05, 3.63) is 59.6 Å². The number of thiol groups is 1. The van der Waals surface area contributed by atoms with Gasteiger partial charge in [0.05, 0.1) is 5.56 Å². The van der Waals surface area contributed by atoms with Gasteiger partial charge in [-0.05, 0) is 34.1 Å². The fourth-order valence-corrected chi connectivity index (χ4v) is 3.91. The monoisotopic (exact) mass is 337 g/mol. The largest absolute Gasteiger partial charge is 0.417 e. The van der Waals surface area contributed by atoms with Crippen LogP contribution in [0.25, 0.3) is 11.1 Å². The second kappa shape index (κ2) is 5.66.